The average Bonchev–Trinajstić information content (AvgIpc) is 3.19. The molecular formula is C19H22N4O2S. The van der Waals surface area contributed by atoms with Crippen LogP contribution in [0.25, 0.3) is 10.2 Å². The van der Waals surface area contributed by atoms with E-state index in [1.54, 1.807) is 24.8 Å². The first-order valence-corrected chi connectivity index (χ1v) is 9.61. The monoisotopic (exact) mass is 370 g/mol. The van der Waals surface area contributed by atoms with Crippen molar-refractivity contribution in [3.63, 3.8) is 0 Å². The van der Waals surface area contributed by atoms with E-state index in [1.807, 2.05) is 17.5 Å². The lowest BCUT2D eigenvalue weighted by molar-refractivity contribution is 0.0187. The Hall–Kier alpha value is -2.22. The molecule has 0 saturated carbocycles. The minimum absolute atomic E-state index is 0.244. The molecule has 3 heterocycles. The minimum Gasteiger partial charge on any atom is -0.497 e. The smallest absolute Gasteiger partial charge is 0.138 e. The van der Waals surface area contributed by atoms with E-state index in [0.717, 1.165) is 54.6 Å². The summed E-state index contributed by atoms with van der Waals surface area (Å²) in [6.45, 7) is 4.17. The van der Waals surface area contributed by atoms with Crippen LogP contribution in [0.1, 0.15) is 11.6 Å². The minimum atomic E-state index is 0.244. The first kappa shape index (κ1) is 17.2. The van der Waals surface area contributed by atoms with Crippen molar-refractivity contribution in [2.75, 3.05) is 45.3 Å². The number of morpholine rings is 1. The highest BCUT2D eigenvalue weighted by atomic mass is 32.1. The van der Waals surface area contributed by atoms with Crippen molar-refractivity contribution in [2.45, 2.75) is 6.04 Å². The van der Waals surface area contributed by atoms with E-state index in [2.05, 4.69) is 38.4 Å². The molecule has 7 heteroatoms. The van der Waals surface area contributed by atoms with Gasteiger partial charge >= 0.3 is 0 Å². The van der Waals surface area contributed by atoms with Crippen LogP contribution < -0.4 is 10.1 Å². The number of fused-ring (bicyclic) bond motifs is 1. The third-order valence-electron chi connectivity index (χ3n) is 4.71. The van der Waals surface area contributed by atoms with Crippen LogP contribution in [-0.2, 0) is 4.74 Å². The molecule has 1 aliphatic rings. The fourth-order valence-electron chi connectivity index (χ4n) is 3.30. The molecule has 0 aliphatic carbocycles. The van der Waals surface area contributed by atoms with Crippen LogP contribution in [0.15, 0.2) is 42.0 Å². The molecule has 0 radical (unpaired) electrons. The van der Waals surface area contributed by atoms with Gasteiger partial charge in [-0.2, -0.15) is 0 Å². The normalized spacial score (nSPS) is 16.5. The second-order valence-corrected chi connectivity index (χ2v) is 7.07. The van der Waals surface area contributed by atoms with Gasteiger partial charge in [0.25, 0.3) is 0 Å². The molecule has 1 aliphatic heterocycles. The highest BCUT2D eigenvalue weighted by Gasteiger charge is 2.23. The molecule has 0 unspecified atom stereocenters. The summed E-state index contributed by atoms with van der Waals surface area (Å²) in [5, 5.41) is 6.67. The van der Waals surface area contributed by atoms with Gasteiger partial charge in [0.2, 0.25) is 0 Å². The van der Waals surface area contributed by atoms with Gasteiger partial charge in [0.1, 0.15) is 22.7 Å². The number of hydrogen-bond donors (Lipinski definition) is 1. The molecule has 0 bridgehead atoms. The Bertz CT molecular complexity index is 846. The van der Waals surface area contributed by atoms with Gasteiger partial charge in [0.15, 0.2) is 0 Å². The second kappa shape index (κ2) is 7.99. The largest absolute Gasteiger partial charge is 0.497 e. The maximum Gasteiger partial charge on any atom is 0.138 e. The van der Waals surface area contributed by atoms with E-state index in [-0.39, 0.29) is 6.04 Å². The number of anilines is 1. The SMILES string of the molecule is COc1ccc([C@@H](CNc2ncnc3sccc23)N2CCOCC2)cc1. The van der Waals surface area contributed by atoms with E-state index in [1.165, 1.54) is 5.56 Å². The number of thiophene rings is 1. The van der Waals surface area contributed by atoms with Crippen molar-refractivity contribution in [2.24, 2.45) is 0 Å². The van der Waals surface area contributed by atoms with Gasteiger partial charge in [-0.1, -0.05) is 12.1 Å². The number of ether oxygens (including phenoxy) is 2. The lowest BCUT2D eigenvalue weighted by Gasteiger charge is -2.35. The van der Waals surface area contributed by atoms with Gasteiger partial charge in [-0.3, -0.25) is 4.90 Å². The van der Waals surface area contributed by atoms with Crippen LogP contribution in [0.4, 0.5) is 5.82 Å². The summed E-state index contributed by atoms with van der Waals surface area (Å²) in [7, 11) is 1.69. The Morgan fingerprint density at radius 1 is 1.19 bits per heavy atom. The van der Waals surface area contributed by atoms with Crippen molar-refractivity contribution in [3.05, 3.63) is 47.6 Å². The van der Waals surface area contributed by atoms with E-state index in [9.17, 15) is 0 Å². The van der Waals surface area contributed by atoms with Gasteiger partial charge in [-0.15, -0.1) is 11.3 Å². The fraction of sp³-hybridized carbons (Fsp3) is 0.368. The summed E-state index contributed by atoms with van der Waals surface area (Å²) in [5.41, 5.74) is 1.26. The number of nitrogens with zero attached hydrogens (tertiary/aromatic N) is 3. The maximum atomic E-state index is 5.53. The Balaban J connectivity index is 1.56. The second-order valence-electron chi connectivity index (χ2n) is 6.18. The molecule has 1 aromatic carbocycles. The van der Waals surface area contributed by atoms with Crippen molar-refractivity contribution >= 4 is 27.4 Å². The van der Waals surface area contributed by atoms with Gasteiger partial charge < -0.3 is 14.8 Å². The average molecular weight is 370 g/mol. The summed E-state index contributed by atoms with van der Waals surface area (Å²) in [6.07, 6.45) is 1.62. The Morgan fingerprint density at radius 3 is 2.77 bits per heavy atom. The van der Waals surface area contributed by atoms with E-state index in [4.69, 9.17) is 9.47 Å². The number of nitrogens with one attached hydrogen (secondary N) is 1. The van der Waals surface area contributed by atoms with Crippen LogP contribution in [0.3, 0.4) is 0 Å². The van der Waals surface area contributed by atoms with Gasteiger partial charge in [0, 0.05) is 19.6 Å². The zero-order valence-corrected chi connectivity index (χ0v) is 15.5. The van der Waals surface area contributed by atoms with E-state index in [0.29, 0.717) is 0 Å². The number of rotatable bonds is 6. The third-order valence-corrected chi connectivity index (χ3v) is 5.53. The number of methoxy groups -OCH3 is 1. The molecule has 1 fully saturated rings. The number of aromatic nitrogens is 2. The lowest BCUT2D eigenvalue weighted by Crippen LogP contribution is -2.41. The molecule has 2 aromatic heterocycles. The zero-order valence-electron chi connectivity index (χ0n) is 14.7. The Morgan fingerprint density at radius 2 is 2.00 bits per heavy atom. The lowest BCUT2D eigenvalue weighted by atomic mass is 10.0. The molecular weight excluding hydrogens is 348 g/mol. The van der Waals surface area contributed by atoms with Crippen LogP contribution in [0, 0.1) is 0 Å². The van der Waals surface area contributed by atoms with Crippen LogP contribution in [-0.4, -0.2) is 54.8 Å². The highest BCUT2D eigenvalue weighted by molar-refractivity contribution is 7.16. The first-order valence-electron chi connectivity index (χ1n) is 8.73. The number of hydrogen-bond acceptors (Lipinski definition) is 7. The van der Waals surface area contributed by atoms with Crippen molar-refractivity contribution < 1.29 is 9.47 Å². The maximum absolute atomic E-state index is 5.53. The van der Waals surface area contributed by atoms with Gasteiger partial charge in [-0.25, -0.2) is 9.97 Å². The molecule has 0 spiro atoms. The topological polar surface area (TPSA) is 59.5 Å². The molecule has 136 valence electrons. The standard InChI is InChI=1S/C19H22N4O2S/c1-24-15-4-2-14(3-5-15)17(23-7-9-25-10-8-23)12-20-18-16-6-11-26-19(16)22-13-21-18/h2-6,11,13,17H,7-10,12H2,1H3,(H,20,21,22)/t17-/m1/s1. The molecule has 26 heavy (non-hydrogen) atoms. The van der Waals surface area contributed by atoms with Crippen molar-refractivity contribution in [1.29, 1.82) is 0 Å². The van der Waals surface area contributed by atoms with Crippen LogP contribution in [0.2, 0.25) is 0 Å². The van der Waals surface area contributed by atoms with Gasteiger partial charge in [-0.05, 0) is 29.1 Å². The molecule has 3 aromatic rings. The highest BCUT2D eigenvalue weighted by Crippen LogP contribution is 2.27. The Kier molecular flexibility index (Phi) is 5.29. The summed E-state index contributed by atoms with van der Waals surface area (Å²) in [5.74, 6) is 1.77. The van der Waals surface area contributed by atoms with E-state index >= 15 is 0 Å². The van der Waals surface area contributed by atoms with E-state index < -0.39 is 0 Å². The Labute approximate surface area is 156 Å². The van der Waals surface area contributed by atoms with Crippen LogP contribution >= 0.6 is 11.3 Å². The number of benzene rings is 1. The summed E-state index contributed by atoms with van der Waals surface area (Å²) in [6, 6.07) is 10.6. The van der Waals surface area contributed by atoms with Gasteiger partial charge in [0.05, 0.1) is 31.8 Å². The molecule has 1 N–H and O–H groups in total. The quantitative estimate of drug-likeness (QED) is 0.719. The van der Waals surface area contributed by atoms with Crippen LogP contribution in [0.5, 0.6) is 5.75 Å². The first-order chi connectivity index (χ1) is 12.8. The molecule has 0 amide bonds. The van der Waals surface area contributed by atoms with Crippen molar-refractivity contribution in [1.82, 2.24) is 14.9 Å². The zero-order chi connectivity index (χ0) is 17.8. The molecule has 1 atom stereocenters. The molecule has 4 rings (SSSR count). The molecule has 6 nitrogen and oxygen atoms in total. The fourth-order valence-corrected chi connectivity index (χ4v) is 4.03. The predicted octanol–water partition coefficient (Wildman–Crippen LogP) is 3.19. The molecule has 1 saturated heterocycles. The predicted molar refractivity (Wildman–Crippen MR) is 104 cm³/mol. The van der Waals surface area contributed by atoms with Crippen molar-refractivity contribution in [3.8, 4) is 5.75 Å². The summed E-state index contributed by atoms with van der Waals surface area (Å²) in [4.78, 5) is 12.2. The summed E-state index contributed by atoms with van der Waals surface area (Å²) < 4.78 is 10.8. The summed E-state index contributed by atoms with van der Waals surface area (Å²) >= 11 is 1.63. The third kappa shape index (κ3) is 3.65.